The molecule has 0 aliphatic heterocycles. The monoisotopic (exact) mass is 392 g/mol. The second-order valence-electron chi connectivity index (χ2n) is 5.52. The van der Waals surface area contributed by atoms with Gasteiger partial charge in [-0.1, -0.05) is 6.07 Å². The molecule has 0 unspecified atom stereocenters. The van der Waals surface area contributed by atoms with E-state index >= 15 is 0 Å². The van der Waals surface area contributed by atoms with Gasteiger partial charge >= 0.3 is 0 Å². The summed E-state index contributed by atoms with van der Waals surface area (Å²) in [5.74, 6) is -0.722. The van der Waals surface area contributed by atoms with Crippen molar-refractivity contribution < 1.29 is 17.5 Å². The van der Waals surface area contributed by atoms with Gasteiger partial charge in [-0.15, -0.1) is 0 Å². The van der Waals surface area contributed by atoms with Crippen LogP contribution < -0.4 is 4.74 Å². The summed E-state index contributed by atoms with van der Waals surface area (Å²) in [5, 5.41) is 3.77. The first-order chi connectivity index (χ1) is 12.5. The van der Waals surface area contributed by atoms with Crippen molar-refractivity contribution in [2.45, 2.75) is 18.0 Å². The molecular weight excluding hydrogens is 375 g/mol. The van der Waals surface area contributed by atoms with E-state index < -0.39 is 15.8 Å². The second kappa shape index (κ2) is 7.94. The quantitative estimate of drug-likeness (QED) is 0.615. The smallest absolute Gasteiger partial charge is 0.243 e. The van der Waals surface area contributed by atoms with Crippen molar-refractivity contribution in [3.05, 3.63) is 76.5 Å². The lowest BCUT2D eigenvalue weighted by Crippen LogP contribution is -2.30. The molecule has 0 aliphatic rings. The van der Waals surface area contributed by atoms with Crippen LogP contribution in [0.5, 0.6) is 5.75 Å². The number of benzene rings is 1. The van der Waals surface area contributed by atoms with E-state index in [9.17, 15) is 12.8 Å². The van der Waals surface area contributed by atoms with Crippen molar-refractivity contribution >= 4 is 21.4 Å². The molecule has 1 aromatic carbocycles. The van der Waals surface area contributed by atoms with E-state index in [1.807, 2.05) is 16.8 Å². The van der Waals surface area contributed by atoms with Crippen LogP contribution in [0.15, 0.2) is 64.3 Å². The standard InChI is InChI=1S/C18H17FN2O3S2/c1-24-18-6-5-16(10-17(18)19)26(22,23)21(11-14-7-9-25-13-14)12-15-4-2-3-8-20-15/h2-10,13H,11-12H2,1H3. The van der Waals surface area contributed by atoms with Crippen LogP contribution in [-0.4, -0.2) is 24.8 Å². The first-order valence-corrected chi connectivity index (χ1v) is 10.1. The van der Waals surface area contributed by atoms with Crippen LogP contribution in [0.3, 0.4) is 0 Å². The number of thiophene rings is 1. The van der Waals surface area contributed by atoms with Crippen molar-refractivity contribution in [2.75, 3.05) is 7.11 Å². The molecule has 26 heavy (non-hydrogen) atoms. The highest BCUT2D eigenvalue weighted by molar-refractivity contribution is 7.89. The van der Waals surface area contributed by atoms with Crippen LogP contribution in [0.1, 0.15) is 11.3 Å². The van der Waals surface area contributed by atoms with Gasteiger partial charge in [0.05, 0.1) is 24.2 Å². The highest BCUT2D eigenvalue weighted by atomic mass is 32.2. The number of sulfonamides is 1. The van der Waals surface area contributed by atoms with E-state index in [2.05, 4.69) is 4.98 Å². The summed E-state index contributed by atoms with van der Waals surface area (Å²) in [6.07, 6.45) is 1.61. The predicted molar refractivity (Wildman–Crippen MR) is 97.9 cm³/mol. The molecule has 0 atom stereocenters. The van der Waals surface area contributed by atoms with Crippen LogP contribution >= 0.6 is 11.3 Å². The van der Waals surface area contributed by atoms with Crippen LogP contribution in [0, 0.1) is 5.82 Å². The third kappa shape index (κ3) is 4.09. The van der Waals surface area contributed by atoms with Crippen molar-refractivity contribution in [2.24, 2.45) is 0 Å². The van der Waals surface area contributed by atoms with Crippen molar-refractivity contribution in [1.82, 2.24) is 9.29 Å². The summed E-state index contributed by atoms with van der Waals surface area (Å²) >= 11 is 1.49. The number of ether oxygens (including phenoxy) is 1. The Labute approximate surface area is 155 Å². The molecule has 3 rings (SSSR count). The van der Waals surface area contributed by atoms with Gasteiger partial charge in [0, 0.05) is 12.7 Å². The molecule has 0 amide bonds. The number of methoxy groups -OCH3 is 1. The minimum Gasteiger partial charge on any atom is -0.494 e. The van der Waals surface area contributed by atoms with Crippen molar-refractivity contribution in [1.29, 1.82) is 0 Å². The average Bonchev–Trinajstić information content (AvgIpc) is 3.15. The molecule has 2 aromatic heterocycles. The molecule has 0 saturated heterocycles. The Morgan fingerprint density at radius 1 is 1.19 bits per heavy atom. The summed E-state index contributed by atoms with van der Waals surface area (Å²) in [4.78, 5) is 4.08. The first kappa shape index (κ1) is 18.5. The fourth-order valence-corrected chi connectivity index (χ4v) is 4.51. The Hall–Kier alpha value is -2.29. The van der Waals surface area contributed by atoms with E-state index in [4.69, 9.17) is 4.74 Å². The molecule has 0 spiro atoms. The molecule has 2 heterocycles. The molecule has 0 fully saturated rings. The summed E-state index contributed by atoms with van der Waals surface area (Å²) < 4.78 is 46.4. The Kier molecular flexibility index (Phi) is 5.65. The zero-order valence-corrected chi connectivity index (χ0v) is 15.6. The fourth-order valence-electron chi connectivity index (χ4n) is 2.44. The molecule has 0 bridgehead atoms. The maximum atomic E-state index is 14.0. The summed E-state index contributed by atoms with van der Waals surface area (Å²) in [6.45, 7) is 0.267. The Balaban J connectivity index is 1.97. The van der Waals surface area contributed by atoms with E-state index in [1.165, 1.54) is 34.9 Å². The number of halogens is 1. The predicted octanol–water partition coefficient (Wildman–Crippen LogP) is 3.68. The number of hydrogen-bond donors (Lipinski definition) is 0. The van der Waals surface area contributed by atoms with Gasteiger partial charge in [0.15, 0.2) is 11.6 Å². The SMILES string of the molecule is COc1ccc(S(=O)(=O)N(Cc2ccsc2)Cc2ccccn2)cc1F. The third-order valence-corrected chi connectivity index (χ3v) is 6.28. The van der Waals surface area contributed by atoms with Gasteiger partial charge in [0.1, 0.15) is 0 Å². The summed E-state index contributed by atoms with van der Waals surface area (Å²) in [5.41, 5.74) is 1.48. The van der Waals surface area contributed by atoms with Gasteiger partial charge in [-0.05, 0) is 52.7 Å². The molecule has 0 radical (unpaired) electrons. The zero-order chi connectivity index (χ0) is 18.6. The Morgan fingerprint density at radius 2 is 2.04 bits per heavy atom. The molecule has 0 aliphatic carbocycles. The topological polar surface area (TPSA) is 59.5 Å². The lowest BCUT2D eigenvalue weighted by atomic mass is 10.3. The maximum absolute atomic E-state index is 14.0. The lowest BCUT2D eigenvalue weighted by Gasteiger charge is -2.22. The normalized spacial score (nSPS) is 11.7. The van der Waals surface area contributed by atoms with Crippen LogP contribution in [0.25, 0.3) is 0 Å². The molecule has 3 aromatic rings. The molecule has 8 heteroatoms. The van der Waals surface area contributed by atoms with Crippen molar-refractivity contribution in [3.8, 4) is 5.75 Å². The third-order valence-electron chi connectivity index (χ3n) is 3.76. The largest absolute Gasteiger partial charge is 0.494 e. The molecule has 0 N–H and O–H groups in total. The number of aromatic nitrogens is 1. The minimum absolute atomic E-state index is 0.00180. The van der Waals surface area contributed by atoms with Crippen LogP contribution in [0.2, 0.25) is 0 Å². The summed E-state index contributed by atoms with van der Waals surface area (Å²) in [6, 6.07) is 10.8. The van der Waals surface area contributed by atoms with Crippen LogP contribution in [-0.2, 0) is 23.1 Å². The minimum atomic E-state index is -3.92. The van der Waals surface area contributed by atoms with Gasteiger partial charge in [0.25, 0.3) is 0 Å². The maximum Gasteiger partial charge on any atom is 0.243 e. The molecule has 136 valence electrons. The number of rotatable bonds is 7. The highest BCUT2D eigenvalue weighted by Gasteiger charge is 2.26. The molecule has 5 nitrogen and oxygen atoms in total. The zero-order valence-electron chi connectivity index (χ0n) is 14.0. The van der Waals surface area contributed by atoms with Crippen LogP contribution in [0.4, 0.5) is 4.39 Å². The highest BCUT2D eigenvalue weighted by Crippen LogP contribution is 2.25. The lowest BCUT2D eigenvalue weighted by molar-refractivity contribution is 0.383. The van der Waals surface area contributed by atoms with E-state index in [-0.39, 0.29) is 23.7 Å². The van der Waals surface area contributed by atoms with Gasteiger partial charge < -0.3 is 4.74 Å². The first-order valence-electron chi connectivity index (χ1n) is 7.75. The molecule has 0 saturated carbocycles. The van der Waals surface area contributed by atoms with Crippen molar-refractivity contribution in [3.63, 3.8) is 0 Å². The molecular formula is C18H17FN2O3S2. The van der Waals surface area contributed by atoms with Gasteiger partial charge in [-0.2, -0.15) is 15.6 Å². The van der Waals surface area contributed by atoms with Gasteiger partial charge in [-0.3, -0.25) is 4.98 Å². The van der Waals surface area contributed by atoms with E-state index in [0.717, 1.165) is 11.6 Å². The Morgan fingerprint density at radius 3 is 2.65 bits per heavy atom. The Bertz CT molecular complexity index is 961. The van der Waals surface area contributed by atoms with Gasteiger partial charge in [-0.25, -0.2) is 12.8 Å². The number of pyridine rings is 1. The number of hydrogen-bond acceptors (Lipinski definition) is 5. The van der Waals surface area contributed by atoms with Gasteiger partial charge in [0.2, 0.25) is 10.0 Å². The van der Waals surface area contributed by atoms with E-state index in [1.54, 1.807) is 24.4 Å². The number of nitrogens with zero attached hydrogens (tertiary/aromatic N) is 2. The summed E-state index contributed by atoms with van der Waals surface area (Å²) in [7, 11) is -2.59. The fraction of sp³-hybridized carbons (Fsp3) is 0.167. The van der Waals surface area contributed by atoms with E-state index in [0.29, 0.717) is 5.69 Å². The second-order valence-corrected chi connectivity index (χ2v) is 8.24. The average molecular weight is 392 g/mol.